The molecule has 6 heteroatoms. The first-order valence-electron chi connectivity index (χ1n) is 7.26. The normalized spacial score (nSPS) is 11.7. The van der Waals surface area contributed by atoms with E-state index >= 15 is 0 Å². The number of amides is 1. The van der Waals surface area contributed by atoms with Gasteiger partial charge in [0.05, 0.1) is 18.9 Å². The SMILES string of the molecule is COC(=O)[C@@H](C)Sc1ccccc1C(=O)NCCc1ccco1. The Bertz CT molecular complexity index is 654. The number of carbonyl (C=O) groups excluding carboxylic acids is 2. The highest BCUT2D eigenvalue weighted by Gasteiger charge is 2.18. The maximum atomic E-state index is 12.3. The minimum atomic E-state index is -0.378. The standard InChI is InChI=1S/C17H19NO4S/c1-12(17(20)21-2)23-15-8-4-3-7-14(15)16(19)18-10-9-13-6-5-11-22-13/h3-8,11-12H,9-10H2,1-2H3,(H,18,19)/t12-/m1/s1. The van der Waals surface area contributed by atoms with E-state index in [-0.39, 0.29) is 17.1 Å². The van der Waals surface area contributed by atoms with Gasteiger partial charge in [-0.2, -0.15) is 0 Å². The molecular weight excluding hydrogens is 314 g/mol. The zero-order chi connectivity index (χ0) is 16.7. The van der Waals surface area contributed by atoms with Crippen LogP contribution in [0.3, 0.4) is 0 Å². The van der Waals surface area contributed by atoms with Crippen molar-refractivity contribution in [2.75, 3.05) is 13.7 Å². The first-order chi connectivity index (χ1) is 11.1. The number of nitrogens with one attached hydrogen (secondary N) is 1. The highest BCUT2D eigenvalue weighted by atomic mass is 32.2. The van der Waals surface area contributed by atoms with Gasteiger partial charge in [-0.15, -0.1) is 11.8 Å². The molecule has 23 heavy (non-hydrogen) atoms. The largest absolute Gasteiger partial charge is 0.469 e. The highest BCUT2D eigenvalue weighted by Crippen LogP contribution is 2.27. The molecule has 0 saturated heterocycles. The van der Waals surface area contributed by atoms with Gasteiger partial charge < -0.3 is 14.5 Å². The van der Waals surface area contributed by atoms with Gasteiger partial charge in [0.25, 0.3) is 5.91 Å². The van der Waals surface area contributed by atoms with E-state index in [0.717, 1.165) is 10.7 Å². The second-order valence-corrected chi connectivity index (χ2v) is 6.25. The van der Waals surface area contributed by atoms with E-state index in [2.05, 4.69) is 5.32 Å². The minimum Gasteiger partial charge on any atom is -0.469 e. The average molecular weight is 333 g/mol. The second-order valence-electron chi connectivity index (χ2n) is 4.86. The molecular formula is C17H19NO4S. The van der Waals surface area contributed by atoms with Crippen LogP contribution >= 0.6 is 11.8 Å². The predicted molar refractivity (Wildman–Crippen MR) is 88.5 cm³/mol. The number of rotatable bonds is 7. The first kappa shape index (κ1) is 17.1. The number of methoxy groups -OCH3 is 1. The Labute approximate surface area is 139 Å². The van der Waals surface area contributed by atoms with Gasteiger partial charge in [-0.3, -0.25) is 9.59 Å². The molecule has 1 N–H and O–H groups in total. The monoisotopic (exact) mass is 333 g/mol. The van der Waals surface area contributed by atoms with Crippen molar-refractivity contribution < 1.29 is 18.7 Å². The lowest BCUT2D eigenvalue weighted by molar-refractivity contribution is -0.139. The van der Waals surface area contributed by atoms with E-state index in [9.17, 15) is 9.59 Å². The van der Waals surface area contributed by atoms with Crippen LogP contribution in [0.25, 0.3) is 0 Å². The van der Waals surface area contributed by atoms with Crippen molar-refractivity contribution in [3.8, 4) is 0 Å². The molecule has 0 aliphatic heterocycles. The van der Waals surface area contributed by atoms with Gasteiger partial charge in [0.1, 0.15) is 11.0 Å². The molecule has 0 aliphatic rings. The number of ether oxygens (including phenoxy) is 1. The van der Waals surface area contributed by atoms with Gasteiger partial charge in [-0.25, -0.2) is 0 Å². The lowest BCUT2D eigenvalue weighted by atomic mass is 10.2. The lowest BCUT2D eigenvalue weighted by Gasteiger charge is -2.12. The van der Waals surface area contributed by atoms with Crippen LogP contribution < -0.4 is 5.32 Å². The van der Waals surface area contributed by atoms with Gasteiger partial charge in [0, 0.05) is 17.9 Å². The number of thioether (sulfide) groups is 1. The molecule has 1 aromatic heterocycles. The Morgan fingerprint density at radius 1 is 1.26 bits per heavy atom. The summed E-state index contributed by atoms with van der Waals surface area (Å²) in [6.07, 6.45) is 2.24. The van der Waals surface area contributed by atoms with Gasteiger partial charge in [0.2, 0.25) is 0 Å². The van der Waals surface area contributed by atoms with E-state index in [4.69, 9.17) is 9.15 Å². The molecule has 2 rings (SSSR count). The van der Waals surface area contributed by atoms with Crippen LogP contribution in [0.15, 0.2) is 52.0 Å². The molecule has 1 heterocycles. The molecule has 0 aliphatic carbocycles. The maximum absolute atomic E-state index is 12.3. The third kappa shape index (κ3) is 4.89. The van der Waals surface area contributed by atoms with Crippen LogP contribution in [-0.2, 0) is 16.0 Å². The highest BCUT2D eigenvalue weighted by molar-refractivity contribution is 8.00. The van der Waals surface area contributed by atoms with Gasteiger partial charge in [0.15, 0.2) is 0 Å². The summed E-state index contributed by atoms with van der Waals surface area (Å²) in [5.74, 6) is 0.340. The van der Waals surface area contributed by atoms with Crippen LogP contribution in [0, 0.1) is 0 Å². The van der Waals surface area contributed by atoms with Crippen molar-refractivity contribution in [3.63, 3.8) is 0 Å². The molecule has 0 saturated carbocycles. The minimum absolute atomic E-state index is 0.170. The van der Waals surface area contributed by atoms with E-state index in [1.807, 2.05) is 24.3 Å². The van der Waals surface area contributed by atoms with Crippen molar-refractivity contribution in [2.24, 2.45) is 0 Å². The topological polar surface area (TPSA) is 68.5 Å². The van der Waals surface area contributed by atoms with Crippen molar-refractivity contribution in [1.82, 2.24) is 5.32 Å². The summed E-state index contributed by atoms with van der Waals surface area (Å²) in [5.41, 5.74) is 0.549. The zero-order valence-corrected chi connectivity index (χ0v) is 13.9. The van der Waals surface area contributed by atoms with E-state index in [1.54, 1.807) is 25.3 Å². The molecule has 0 fully saturated rings. The molecule has 122 valence electrons. The molecule has 0 radical (unpaired) electrons. The summed E-state index contributed by atoms with van der Waals surface area (Å²) < 4.78 is 9.95. The van der Waals surface area contributed by atoms with Gasteiger partial charge >= 0.3 is 5.97 Å². The summed E-state index contributed by atoms with van der Waals surface area (Å²) in [7, 11) is 1.35. The smallest absolute Gasteiger partial charge is 0.318 e. The molecule has 1 aromatic carbocycles. The third-order valence-electron chi connectivity index (χ3n) is 3.21. The Balaban J connectivity index is 1.98. The number of hydrogen-bond acceptors (Lipinski definition) is 5. The summed E-state index contributed by atoms with van der Waals surface area (Å²) >= 11 is 1.31. The van der Waals surface area contributed by atoms with Gasteiger partial charge in [-0.05, 0) is 31.2 Å². The summed E-state index contributed by atoms with van der Waals surface area (Å²) in [5, 5.41) is 2.49. The summed E-state index contributed by atoms with van der Waals surface area (Å²) in [4.78, 5) is 24.6. The van der Waals surface area contributed by atoms with Crippen molar-refractivity contribution in [1.29, 1.82) is 0 Å². The van der Waals surface area contributed by atoms with E-state index in [1.165, 1.54) is 18.9 Å². The number of benzene rings is 1. The molecule has 0 bridgehead atoms. The van der Waals surface area contributed by atoms with Crippen LogP contribution in [0.5, 0.6) is 0 Å². The van der Waals surface area contributed by atoms with Crippen molar-refractivity contribution >= 4 is 23.6 Å². The molecule has 0 unspecified atom stereocenters. The van der Waals surface area contributed by atoms with E-state index < -0.39 is 0 Å². The Morgan fingerprint density at radius 3 is 2.74 bits per heavy atom. The zero-order valence-electron chi connectivity index (χ0n) is 13.1. The van der Waals surface area contributed by atoms with Crippen LogP contribution in [0.2, 0.25) is 0 Å². The number of furan rings is 1. The van der Waals surface area contributed by atoms with Crippen LogP contribution in [0.1, 0.15) is 23.0 Å². The van der Waals surface area contributed by atoms with E-state index in [0.29, 0.717) is 18.5 Å². The average Bonchev–Trinajstić information content (AvgIpc) is 3.07. The Kier molecular flexibility index (Phi) is 6.29. The molecule has 5 nitrogen and oxygen atoms in total. The number of carbonyl (C=O) groups is 2. The fourth-order valence-electron chi connectivity index (χ4n) is 2.01. The van der Waals surface area contributed by atoms with Gasteiger partial charge in [-0.1, -0.05) is 12.1 Å². The third-order valence-corrected chi connectivity index (χ3v) is 4.36. The molecule has 2 aromatic rings. The molecule has 1 amide bonds. The van der Waals surface area contributed by atoms with Crippen LogP contribution in [0.4, 0.5) is 0 Å². The van der Waals surface area contributed by atoms with Crippen molar-refractivity contribution in [2.45, 2.75) is 23.5 Å². The fraction of sp³-hybridized carbons (Fsp3) is 0.294. The first-order valence-corrected chi connectivity index (χ1v) is 8.14. The maximum Gasteiger partial charge on any atom is 0.318 e. The second kappa shape index (κ2) is 8.43. The van der Waals surface area contributed by atoms with Crippen LogP contribution in [-0.4, -0.2) is 30.8 Å². The lowest BCUT2D eigenvalue weighted by Crippen LogP contribution is -2.26. The quantitative estimate of drug-likeness (QED) is 0.623. The predicted octanol–water partition coefficient (Wildman–Crippen LogP) is 2.91. The Hall–Kier alpha value is -2.21. The number of esters is 1. The number of hydrogen-bond donors (Lipinski definition) is 1. The summed E-state index contributed by atoms with van der Waals surface area (Å²) in [6, 6.07) is 10.9. The fourth-order valence-corrected chi connectivity index (χ4v) is 3.03. The van der Waals surface area contributed by atoms with Crippen molar-refractivity contribution in [3.05, 3.63) is 54.0 Å². The molecule has 1 atom stereocenters. The Morgan fingerprint density at radius 2 is 2.04 bits per heavy atom. The molecule has 0 spiro atoms. The summed E-state index contributed by atoms with van der Waals surface area (Å²) in [6.45, 7) is 2.24.